The van der Waals surface area contributed by atoms with Crippen LogP contribution in [0.15, 0.2) is 30.5 Å². The summed E-state index contributed by atoms with van der Waals surface area (Å²) in [6.07, 6.45) is 1.40. The zero-order valence-corrected chi connectivity index (χ0v) is 18.7. The van der Waals surface area contributed by atoms with E-state index in [4.69, 9.17) is 9.47 Å². The fourth-order valence-electron chi connectivity index (χ4n) is 4.09. The van der Waals surface area contributed by atoms with Gasteiger partial charge in [0.1, 0.15) is 11.5 Å². The summed E-state index contributed by atoms with van der Waals surface area (Å²) in [7, 11) is 2.99. The number of carbonyl (C=O) groups excluding carboxylic acids is 2. The summed E-state index contributed by atoms with van der Waals surface area (Å²) in [5.74, 6) is 0.270. The highest BCUT2D eigenvalue weighted by atomic mass is 16.5. The lowest BCUT2D eigenvalue weighted by Gasteiger charge is -2.18. The second kappa shape index (κ2) is 7.37. The Balaban J connectivity index is 1.70. The lowest BCUT2D eigenvalue weighted by Crippen LogP contribution is -2.29. The van der Waals surface area contributed by atoms with Crippen LogP contribution in [0.25, 0.3) is 17.0 Å². The van der Waals surface area contributed by atoms with Gasteiger partial charge in [-0.3, -0.25) is 9.59 Å². The lowest BCUT2D eigenvalue weighted by molar-refractivity contribution is 0.0925. The van der Waals surface area contributed by atoms with Crippen molar-refractivity contribution in [2.45, 2.75) is 20.8 Å². The van der Waals surface area contributed by atoms with Gasteiger partial charge in [0.15, 0.2) is 5.65 Å². The molecule has 10 heteroatoms. The van der Waals surface area contributed by atoms with Crippen LogP contribution in [0.1, 0.15) is 37.8 Å². The quantitative estimate of drug-likeness (QED) is 0.442. The topological polar surface area (TPSA) is 112 Å². The minimum Gasteiger partial charge on any atom is -0.497 e. The molecule has 1 aliphatic rings. The first kappa shape index (κ1) is 20.6. The van der Waals surface area contributed by atoms with Gasteiger partial charge in [0.2, 0.25) is 0 Å². The van der Waals surface area contributed by atoms with Crippen molar-refractivity contribution in [3.8, 4) is 17.4 Å². The molecule has 0 aliphatic carbocycles. The van der Waals surface area contributed by atoms with Gasteiger partial charge >= 0.3 is 0 Å². The zero-order chi connectivity index (χ0) is 23.4. The summed E-state index contributed by atoms with van der Waals surface area (Å²) in [4.78, 5) is 41.3. The number of pyridine rings is 1. The smallest absolute Gasteiger partial charge is 0.267 e. The van der Waals surface area contributed by atoms with E-state index in [1.807, 2.05) is 19.9 Å². The zero-order valence-electron chi connectivity index (χ0n) is 18.7. The van der Waals surface area contributed by atoms with E-state index in [0.717, 1.165) is 16.3 Å². The molecule has 166 valence electrons. The predicted octanol–water partition coefficient (Wildman–Crippen LogP) is 2.95. The summed E-state index contributed by atoms with van der Waals surface area (Å²) >= 11 is 0. The number of nitrogens with zero attached hydrogens (tertiary/aromatic N) is 6. The van der Waals surface area contributed by atoms with Crippen LogP contribution in [-0.4, -0.2) is 50.8 Å². The Hall–Kier alpha value is -4.34. The average molecular weight is 444 g/mol. The number of anilines is 1. The Morgan fingerprint density at radius 2 is 1.64 bits per heavy atom. The minimum atomic E-state index is -0.484. The van der Waals surface area contributed by atoms with Crippen LogP contribution in [0.5, 0.6) is 11.5 Å². The average Bonchev–Trinajstić information content (AvgIpc) is 3.26. The summed E-state index contributed by atoms with van der Waals surface area (Å²) in [6, 6.07) is 6.75. The van der Waals surface area contributed by atoms with E-state index in [9.17, 15) is 9.59 Å². The molecular formula is C23H20N6O4. The van der Waals surface area contributed by atoms with Crippen molar-refractivity contribution in [3.63, 3.8) is 0 Å². The van der Waals surface area contributed by atoms with Crippen LogP contribution in [0.3, 0.4) is 0 Å². The third-order valence-electron chi connectivity index (χ3n) is 5.51. The molecule has 0 radical (unpaired) electrons. The van der Waals surface area contributed by atoms with Crippen molar-refractivity contribution in [3.05, 3.63) is 58.7 Å². The molecule has 0 saturated heterocycles. The van der Waals surface area contributed by atoms with Crippen molar-refractivity contribution >= 4 is 28.5 Å². The fraction of sp³-hybridized carbons (Fsp3) is 0.217. The highest BCUT2D eigenvalue weighted by molar-refractivity contribution is 6.37. The van der Waals surface area contributed by atoms with Gasteiger partial charge in [0.05, 0.1) is 42.1 Å². The summed E-state index contributed by atoms with van der Waals surface area (Å²) in [6.45, 7) is 5.49. The van der Waals surface area contributed by atoms with Crippen molar-refractivity contribution in [2.75, 3.05) is 19.1 Å². The van der Waals surface area contributed by atoms with Gasteiger partial charge in [0.25, 0.3) is 17.8 Å². The molecule has 5 rings (SSSR count). The van der Waals surface area contributed by atoms with E-state index >= 15 is 0 Å². The maximum atomic E-state index is 13.6. The van der Waals surface area contributed by atoms with Crippen LogP contribution < -0.4 is 14.4 Å². The second-order valence-corrected chi connectivity index (χ2v) is 7.68. The maximum Gasteiger partial charge on any atom is 0.267 e. The second-order valence-electron chi connectivity index (χ2n) is 7.68. The van der Waals surface area contributed by atoms with Gasteiger partial charge in [-0.1, -0.05) is 0 Å². The molecule has 4 aromatic rings. The molecule has 4 heterocycles. The Morgan fingerprint density at radius 3 is 2.30 bits per heavy atom. The van der Waals surface area contributed by atoms with Gasteiger partial charge in [-0.15, -0.1) is 0 Å². The molecule has 0 saturated carbocycles. The number of imide groups is 1. The molecular weight excluding hydrogens is 424 g/mol. The first-order valence-electron chi connectivity index (χ1n) is 10.2. The molecule has 10 nitrogen and oxygen atoms in total. The number of ether oxygens (including phenoxy) is 2. The van der Waals surface area contributed by atoms with E-state index in [-0.39, 0.29) is 11.1 Å². The van der Waals surface area contributed by atoms with Crippen LogP contribution in [-0.2, 0) is 0 Å². The number of aryl methyl sites for hydroxylation is 3. The van der Waals surface area contributed by atoms with Crippen LogP contribution in [0.2, 0.25) is 0 Å². The molecule has 2 amide bonds. The number of rotatable bonds is 4. The van der Waals surface area contributed by atoms with Crippen molar-refractivity contribution < 1.29 is 19.1 Å². The molecule has 1 aromatic carbocycles. The Bertz CT molecular complexity index is 1460. The molecule has 0 atom stereocenters. The Labute approximate surface area is 188 Å². The molecule has 3 aromatic heterocycles. The molecule has 0 fully saturated rings. The number of aromatic nitrogens is 5. The van der Waals surface area contributed by atoms with E-state index in [2.05, 4.69) is 20.1 Å². The fourth-order valence-corrected chi connectivity index (χ4v) is 4.09. The van der Waals surface area contributed by atoms with Gasteiger partial charge in [-0.05, 0) is 39.0 Å². The number of amides is 2. The number of hydrogen-bond acceptors (Lipinski definition) is 8. The normalized spacial score (nSPS) is 13.1. The SMILES string of the molecule is COc1ccc(N2C(=O)c3cnc4c(c(C)nn4-c4nc(C)cc(C)n4)c3C2=O)c(OC)c1. The molecule has 0 N–H and O–H groups in total. The highest BCUT2D eigenvalue weighted by Crippen LogP contribution is 2.39. The molecule has 0 unspecified atom stereocenters. The van der Waals surface area contributed by atoms with Gasteiger partial charge in [0, 0.05) is 23.7 Å². The van der Waals surface area contributed by atoms with Crippen molar-refractivity contribution in [2.24, 2.45) is 0 Å². The van der Waals surface area contributed by atoms with Gasteiger partial charge in [-0.25, -0.2) is 19.9 Å². The van der Waals surface area contributed by atoms with Crippen LogP contribution in [0, 0.1) is 20.8 Å². The summed E-state index contributed by atoms with van der Waals surface area (Å²) in [5, 5.41) is 5.03. The number of methoxy groups -OCH3 is 2. The lowest BCUT2D eigenvalue weighted by atomic mass is 10.1. The molecule has 0 bridgehead atoms. The van der Waals surface area contributed by atoms with Gasteiger partial charge in [-0.2, -0.15) is 9.78 Å². The van der Waals surface area contributed by atoms with E-state index in [1.54, 1.807) is 25.1 Å². The standard InChI is InChI=1S/C23H20N6O4/c1-11-8-12(2)26-23(25-11)29-20-18(13(3)27-29)19-15(10-24-20)21(30)28(22(19)31)16-7-6-14(32-4)9-17(16)33-5/h6-10H,1-5H3. The summed E-state index contributed by atoms with van der Waals surface area (Å²) in [5.41, 5.74) is 3.28. The highest BCUT2D eigenvalue weighted by Gasteiger charge is 2.41. The summed E-state index contributed by atoms with van der Waals surface area (Å²) < 4.78 is 12.1. The first-order valence-corrected chi connectivity index (χ1v) is 10.2. The first-order chi connectivity index (χ1) is 15.8. The van der Waals surface area contributed by atoms with Crippen molar-refractivity contribution in [1.29, 1.82) is 0 Å². The van der Waals surface area contributed by atoms with E-state index < -0.39 is 11.8 Å². The third-order valence-corrected chi connectivity index (χ3v) is 5.51. The third kappa shape index (κ3) is 3.02. The largest absolute Gasteiger partial charge is 0.497 e. The van der Waals surface area contributed by atoms with Crippen molar-refractivity contribution in [1.82, 2.24) is 24.7 Å². The number of fused-ring (bicyclic) bond motifs is 3. The predicted molar refractivity (Wildman–Crippen MR) is 119 cm³/mol. The number of hydrogen-bond donors (Lipinski definition) is 0. The van der Waals surface area contributed by atoms with Gasteiger partial charge < -0.3 is 9.47 Å². The van der Waals surface area contributed by atoms with E-state index in [0.29, 0.717) is 39.9 Å². The van der Waals surface area contributed by atoms with Crippen LogP contribution >= 0.6 is 0 Å². The molecule has 33 heavy (non-hydrogen) atoms. The monoisotopic (exact) mass is 444 g/mol. The molecule has 0 spiro atoms. The maximum absolute atomic E-state index is 13.6. The van der Waals surface area contributed by atoms with E-state index in [1.165, 1.54) is 25.1 Å². The number of benzene rings is 1. The number of carbonyl (C=O) groups is 2. The Morgan fingerprint density at radius 1 is 0.909 bits per heavy atom. The minimum absolute atomic E-state index is 0.203. The molecule has 1 aliphatic heterocycles. The Kier molecular flexibility index (Phi) is 4.59. The van der Waals surface area contributed by atoms with Crippen LogP contribution in [0.4, 0.5) is 5.69 Å².